The third-order valence-electron chi connectivity index (χ3n) is 5.62. The highest BCUT2D eigenvalue weighted by molar-refractivity contribution is 7.90. The van der Waals surface area contributed by atoms with Crippen molar-refractivity contribution >= 4 is 33.7 Å². The van der Waals surface area contributed by atoms with Gasteiger partial charge in [-0.3, -0.25) is 0 Å². The largest absolute Gasteiger partial charge is 0.461 e. The highest BCUT2D eigenvalue weighted by atomic mass is 32.2. The van der Waals surface area contributed by atoms with Crippen molar-refractivity contribution in [2.75, 3.05) is 13.2 Å². The molecule has 0 unspecified atom stereocenters. The number of rotatable bonds is 9. The number of sulfonamides is 1. The molecule has 0 aliphatic heterocycles. The molecule has 0 radical (unpaired) electrons. The number of carbonyl (C=O) groups excluding carboxylic acids is 2. The van der Waals surface area contributed by atoms with Crippen LogP contribution in [0.1, 0.15) is 41.2 Å². The Hall–Kier alpha value is -4.70. The summed E-state index contributed by atoms with van der Waals surface area (Å²) in [5.74, 6) is -0.574. The maximum Gasteiger partial charge on any atom is 0.358 e. The third-order valence-corrected chi connectivity index (χ3v) is 6.97. The van der Waals surface area contributed by atoms with E-state index in [-0.39, 0.29) is 23.7 Å². The second-order valence-corrected chi connectivity index (χ2v) is 10.0. The molecule has 10 heteroatoms. The first kappa shape index (κ1) is 27.3. The Morgan fingerprint density at radius 2 is 1.56 bits per heavy atom. The zero-order valence-corrected chi connectivity index (χ0v) is 22.3. The van der Waals surface area contributed by atoms with Gasteiger partial charge in [0.05, 0.1) is 22.9 Å². The zero-order valence-electron chi connectivity index (χ0n) is 21.5. The minimum absolute atomic E-state index is 0.0973. The van der Waals surface area contributed by atoms with Crippen molar-refractivity contribution in [1.82, 2.24) is 19.8 Å². The molecule has 0 saturated heterocycles. The van der Waals surface area contributed by atoms with Gasteiger partial charge in [0, 0.05) is 12.1 Å². The van der Waals surface area contributed by atoms with E-state index in [2.05, 4.69) is 10.4 Å². The number of nitrogens with zero attached hydrogens (tertiary/aromatic N) is 2. The Morgan fingerprint density at radius 3 is 2.18 bits per heavy atom. The predicted molar refractivity (Wildman–Crippen MR) is 149 cm³/mol. The van der Waals surface area contributed by atoms with Crippen molar-refractivity contribution in [2.24, 2.45) is 0 Å². The Bertz CT molecular complexity index is 1580. The van der Waals surface area contributed by atoms with E-state index in [0.29, 0.717) is 11.4 Å². The monoisotopic (exact) mass is 544 g/mol. The van der Waals surface area contributed by atoms with Gasteiger partial charge in [-0.1, -0.05) is 60.7 Å². The SMILES string of the molecule is CCNC(=O)NS(=O)(=O)c1ccc(-n2nc(C(=O)OCC)cc2/C(=C/c2ccccc2)c2ccccc2)cc1. The smallest absolute Gasteiger partial charge is 0.358 e. The van der Waals surface area contributed by atoms with E-state index in [1.165, 1.54) is 12.1 Å². The molecule has 1 aromatic heterocycles. The van der Waals surface area contributed by atoms with E-state index >= 15 is 0 Å². The number of hydrogen-bond donors (Lipinski definition) is 2. The Labute approximate surface area is 227 Å². The molecular weight excluding hydrogens is 516 g/mol. The molecule has 200 valence electrons. The average Bonchev–Trinajstić information content (AvgIpc) is 3.38. The highest BCUT2D eigenvalue weighted by Crippen LogP contribution is 2.29. The van der Waals surface area contributed by atoms with Gasteiger partial charge in [-0.2, -0.15) is 5.10 Å². The van der Waals surface area contributed by atoms with Crippen molar-refractivity contribution in [3.63, 3.8) is 0 Å². The van der Waals surface area contributed by atoms with E-state index in [1.807, 2.05) is 71.5 Å². The Morgan fingerprint density at radius 1 is 0.923 bits per heavy atom. The van der Waals surface area contributed by atoms with Gasteiger partial charge in [-0.25, -0.2) is 27.4 Å². The van der Waals surface area contributed by atoms with Crippen LogP contribution >= 0.6 is 0 Å². The molecule has 0 aliphatic carbocycles. The standard InChI is InChI=1S/C29H28N4O5S/c1-3-30-29(35)32-39(36,37)24-17-15-23(16-18-24)33-27(20-26(31-33)28(34)38-4-2)25(22-13-9-6-10-14-22)19-21-11-7-5-8-12-21/h5-20H,3-4H2,1-2H3,(H2,30,32,35)/b25-19+. The summed E-state index contributed by atoms with van der Waals surface area (Å²) in [5, 5.41) is 6.92. The maximum atomic E-state index is 12.7. The van der Waals surface area contributed by atoms with Crippen LogP contribution in [-0.2, 0) is 14.8 Å². The van der Waals surface area contributed by atoms with Gasteiger partial charge in [-0.05, 0) is 61.4 Å². The molecule has 0 aliphatic rings. The lowest BCUT2D eigenvalue weighted by atomic mass is 9.99. The van der Waals surface area contributed by atoms with Crippen molar-refractivity contribution < 1.29 is 22.7 Å². The number of benzene rings is 3. The van der Waals surface area contributed by atoms with Crippen molar-refractivity contribution in [1.29, 1.82) is 0 Å². The summed E-state index contributed by atoms with van der Waals surface area (Å²) in [7, 11) is -4.08. The fourth-order valence-corrected chi connectivity index (χ4v) is 4.79. The van der Waals surface area contributed by atoms with Gasteiger partial charge in [-0.15, -0.1) is 0 Å². The molecule has 4 aromatic rings. The molecule has 1 heterocycles. The van der Waals surface area contributed by atoms with Crippen LogP contribution in [0.25, 0.3) is 17.3 Å². The normalized spacial score (nSPS) is 11.6. The third kappa shape index (κ3) is 6.60. The minimum Gasteiger partial charge on any atom is -0.461 e. The first-order valence-electron chi connectivity index (χ1n) is 12.3. The van der Waals surface area contributed by atoms with Gasteiger partial charge in [0.15, 0.2) is 5.69 Å². The molecule has 0 atom stereocenters. The summed E-state index contributed by atoms with van der Waals surface area (Å²) in [4.78, 5) is 24.3. The minimum atomic E-state index is -4.08. The van der Waals surface area contributed by atoms with Gasteiger partial charge >= 0.3 is 12.0 Å². The number of urea groups is 1. The summed E-state index contributed by atoms with van der Waals surface area (Å²) in [6.45, 7) is 3.88. The average molecular weight is 545 g/mol. The molecule has 9 nitrogen and oxygen atoms in total. The molecular formula is C29H28N4O5S. The number of esters is 1. The number of nitrogens with one attached hydrogen (secondary N) is 2. The number of amides is 2. The van der Waals surface area contributed by atoms with Gasteiger partial charge in [0.25, 0.3) is 10.0 Å². The van der Waals surface area contributed by atoms with Crippen LogP contribution < -0.4 is 10.0 Å². The second-order valence-electron chi connectivity index (χ2n) is 8.34. The molecule has 0 saturated carbocycles. The Kier molecular flexibility index (Phi) is 8.57. The molecule has 0 bridgehead atoms. The fraction of sp³-hybridized carbons (Fsp3) is 0.138. The number of aromatic nitrogens is 2. The number of hydrogen-bond acceptors (Lipinski definition) is 6. The van der Waals surface area contributed by atoms with Crippen LogP contribution in [-0.4, -0.2) is 43.4 Å². The lowest BCUT2D eigenvalue weighted by molar-refractivity contribution is 0.0519. The van der Waals surface area contributed by atoms with E-state index in [9.17, 15) is 18.0 Å². The molecule has 2 N–H and O–H groups in total. The highest BCUT2D eigenvalue weighted by Gasteiger charge is 2.22. The molecule has 2 amide bonds. The zero-order chi connectivity index (χ0) is 27.8. The molecule has 0 fully saturated rings. The molecule has 39 heavy (non-hydrogen) atoms. The van der Waals surface area contributed by atoms with Crippen LogP contribution in [0.15, 0.2) is 95.9 Å². The van der Waals surface area contributed by atoms with Gasteiger partial charge in [0.1, 0.15) is 0 Å². The van der Waals surface area contributed by atoms with Crippen LogP contribution in [0.3, 0.4) is 0 Å². The summed E-state index contributed by atoms with van der Waals surface area (Å²) in [6, 6.07) is 26.1. The topological polar surface area (TPSA) is 119 Å². The van der Waals surface area contributed by atoms with Crippen LogP contribution in [0.2, 0.25) is 0 Å². The van der Waals surface area contributed by atoms with E-state index in [0.717, 1.165) is 16.7 Å². The summed E-state index contributed by atoms with van der Waals surface area (Å²) >= 11 is 0. The van der Waals surface area contributed by atoms with Crippen molar-refractivity contribution in [3.05, 3.63) is 114 Å². The molecule has 4 rings (SSSR count). The summed E-state index contributed by atoms with van der Waals surface area (Å²) in [6.07, 6.45) is 1.99. The molecule has 3 aromatic carbocycles. The van der Waals surface area contributed by atoms with Gasteiger partial charge in [0.2, 0.25) is 0 Å². The predicted octanol–water partition coefficient (Wildman–Crippen LogP) is 4.65. The van der Waals surface area contributed by atoms with Crippen LogP contribution in [0.5, 0.6) is 0 Å². The van der Waals surface area contributed by atoms with E-state index < -0.39 is 22.0 Å². The maximum absolute atomic E-state index is 12.7. The van der Waals surface area contributed by atoms with Gasteiger partial charge < -0.3 is 10.1 Å². The van der Waals surface area contributed by atoms with E-state index in [4.69, 9.17) is 4.74 Å². The van der Waals surface area contributed by atoms with Crippen LogP contribution in [0.4, 0.5) is 4.79 Å². The first-order chi connectivity index (χ1) is 18.8. The Balaban J connectivity index is 1.83. The van der Waals surface area contributed by atoms with E-state index in [1.54, 1.807) is 36.7 Å². The first-order valence-corrected chi connectivity index (χ1v) is 13.8. The quantitative estimate of drug-likeness (QED) is 0.234. The summed E-state index contributed by atoms with van der Waals surface area (Å²) in [5.41, 5.74) is 3.84. The lowest BCUT2D eigenvalue weighted by Gasteiger charge is -2.13. The molecule has 0 spiro atoms. The van der Waals surface area contributed by atoms with Crippen molar-refractivity contribution in [2.45, 2.75) is 18.7 Å². The number of ether oxygens (including phenoxy) is 1. The number of carbonyl (C=O) groups is 2. The van der Waals surface area contributed by atoms with Crippen LogP contribution in [0, 0.1) is 0 Å². The lowest BCUT2D eigenvalue weighted by Crippen LogP contribution is -2.39. The summed E-state index contributed by atoms with van der Waals surface area (Å²) < 4.78 is 34.0. The fourth-order valence-electron chi connectivity index (χ4n) is 3.86. The van der Waals surface area contributed by atoms with Crippen molar-refractivity contribution in [3.8, 4) is 5.69 Å². The second kappa shape index (κ2) is 12.2.